The van der Waals surface area contributed by atoms with Crippen LogP contribution in [-0.4, -0.2) is 5.11 Å². The fraction of sp³-hybridized carbons (Fsp3) is 0.500. The third-order valence-corrected chi connectivity index (χ3v) is 3.96. The normalized spacial score (nSPS) is 19.5. The summed E-state index contributed by atoms with van der Waals surface area (Å²) in [5.41, 5.74) is 3.82. The summed E-state index contributed by atoms with van der Waals surface area (Å²) in [6.45, 7) is 4.50. The van der Waals surface area contributed by atoms with Crippen molar-refractivity contribution in [1.29, 1.82) is 0 Å². The van der Waals surface area contributed by atoms with E-state index in [4.69, 9.17) is 0 Å². The Bertz CT molecular complexity index is 391. The Hall–Kier alpha value is -1.08. The molecular weight excluding hydrogens is 208 g/mol. The summed E-state index contributed by atoms with van der Waals surface area (Å²) < 4.78 is 0. The molecule has 0 radical (unpaired) electrons. The van der Waals surface area contributed by atoms with E-state index in [0.29, 0.717) is 5.92 Å². The van der Waals surface area contributed by atoms with Gasteiger partial charge in [0.05, 0.1) is 0 Å². The molecule has 2 atom stereocenters. The van der Waals surface area contributed by atoms with E-state index in [2.05, 4.69) is 13.8 Å². The van der Waals surface area contributed by atoms with Crippen molar-refractivity contribution in [3.8, 4) is 0 Å². The van der Waals surface area contributed by atoms with E-state index < -0.39 is 0 Å². The maximum atomic E-state index is 10.5. The van der Waals surface area contributed by atoms with E-state index >= 15 is 0 Å². The second kappa shape index (κ2) is 5.50. The molecule has 0 aliphatic heterocycles. The number of hydrogen-bond donors (Lipinski definition) is 1. The zero-order valence-electron chi connectivity index (χ0n) is 10.8. The van der Waals surface area contributed by atoms with Gasteiger partial charge in [-0.1, -0.05) is 49.8 Å². The second-order valence-electron chi connectivity index (χ2n) is 5.03. The summed E-state index contributed by atoms with van der Waals surface area (Å²) >= 11 is 0. The molecule has 0 bridgehead atoms. The lowest BCUT2D eigenvalue weighted by Gasteiger charge is -2.18. The quantitative estimate of drug-likeness (QED) is 0.767. The number of aliphatic hydroxyl groups is 1. The molecule has 1 aliphatic rings. The lowest BCUT2D eigenvalue weighted by molar-refractivity contribution is 0.211. The highest BCUT2D eigenvalue weighted by Gasteiger charge is 2.24. The molecule has 1 N–H and O–H groups in total. The fourth-order valence-electron chi connectivity index (χ4n) is 2.75. The highest BCUT2D eigenvalue weighted by molar-refractivity contribution is 5.32. The van der Waals surface area contributed by atoms with Crippen molar-refractivity contribution < 1.29 is 5.11 Å². The van der Waals surface area contributed by atoms with Gasteiger partial charge >= 0.3 is 0 Å². The Balaban J connectivity index is 2.26. The Morgan fingerprint density at radius 2 is 1.76 bits per heavy atom. The number of hydrogen-bond acceptors (Lipinski definition) is 1. The molecule has 1 aliphatic carbocycles. The lowest BCUT2D eigenvalue weighted by Crippen LogP contribution is -2.05. The molecule has 0 spiro atoms. The summed E-state index contributed by atoms with van der Waals surface area (Å²) in [5.74, 6) is 0.617. The van der Waals surface area contributed by atoms with E-state index in [1.165, 1.54) is 30.4 Å². The minimum Gasteiger partial charge on any atom is -0.384 e. The minimum absolute atomic E-state index is 0.386. The molecular formula is C16H22O. The molecule has 1 aromatic rings. The van der Waals surface area contributed by atoms with Crippen LogP contribution in [0.1, 0.15) is 51.2 Å². The van der Waals surface area contributed by atoms with Crippen LogP contribution in [0.25, 0.3) is 0 Å². The number of rotatable bonds is 4. The van der Waals surface area contributed by atoms with Crippen molar-refractivity contribution in [3.05, 3.63) is 47.0 Å². The molecule has 1 nitrogen and oxygen atoms in total. The van der Waals surface area contributed by atoms with Crippen LogP contribution in [-0.2, 0) is 0 Å². The molecule has 0 saturated carbocycles. The van der Waals surface area contributed by atoms with Crippen LogP contribution in [0.5, 0.6) is 0 Å². The van der Waals surface area contributed by atoms with Gasteiger partial charge in [0.2, 0.25) is 0 Å². The Kier molecular flexibility index (Phi) is 4.01. The maximum absolute atomic E-state index is 10.5. The molecule has 2 unspecified atom stereocenters. The average molecular weight is 230 g/mol. The van der Waals surface area contributed by atoms with Crippen LogP contribution < -0.4 is 0 Å². The number of aliphatic hydroxyl groups excluding tert-OH is 1. The van der Waals surface area contributed by atoms with Gasteiger partial charge in [-0.25, -0.2) is 0 Å². The first-order valence-electron chi connectivity index (χ1n) is 6.68. The molecule has 1 heteroatoms. The topological polar surface area (TPSA) is 20.2 Å². The molecule has 2 rings (SSSR count). The van der Waals surface area contributed by atoms with Crippen molar-refractivity contribution in [2.45, 2.75) is 45.6 Å². The van der Waals surface area contributed by atoms with Gasteiger partial charge in [0, 0.05) is 0 Å². The predicted molar refractivity (Wildman–Crippen MR) is 71.7 cm³/mol. The molecule has 0 saturated heterocycles. The third kappa shape index (κ3) is 2.61. The van der Waals surface area contributed by atoms with E-state index in [0.717, 1.165) is 12.0 Å². The van der Waals surface area contributed by atoms with Gasteiger partial charge in [0.15, 0.2) is 0 Å². The lowest BCUT2D eigenvalue weighted by atomic mass is 9.91. The highest BCUT2D eigenvalue weighted by Crippen LogP contribution is 2.39. The Morgan fingerprint density at radius 3 is 2.41 bits per heavy atom. The molecule has 0 heterocycles. The molecule has 0 aromatic heterocycles. The SMILES string of the molecule is CCC(C)C1=C(C(O)c2ccccc2)CCC1. The summed E-state index contributed by atoms with van der Waals surface area (Å²) in [6, 6.07) is 10.0. The molecule has 92 valence electrons. The van der Waals surface area contributed by atoms with Gasteiger partial charge in [0.1, 0.15) is 6.10 Å². The van der Waals surface area contributed by atoms with Crippen LogP contribution in [0, 0.1) is 5.92 Å². The Morgan fingerprint density at radius 1 is 1.12 bits per heavy atom. The second-order valence-corrected chi connectivity index (χ2v) is 5.03. The van der Waals surface area contributed by atoms with E-state index in [-0.39, 0.29) is 6.10 Å². The van der Waals surface area contributed by atoms with Crippen molar-refractivity contribution in [3.63, 3.8) is 0 Å². The summed E-state index contributed by atoms with van der Waals surface area (Å²) in [5, 5.41) is 10.5. The largest absolute Gasteiger partial charge is 0.384 e. The summed E-state index contributed by atoms with van der Waals surface area (Å²) in [7, 11) is 0. The van der Waals surface area contributed by atoms with Gasteiger partial charge in [-0.2, -0.15) is 0 Å². The molecule has 17 heavy (non-hydrogen) atoms. The predicted octanol–water partition coefficient (Wildman–Crippen LogP) is 4.25. The van der Waals surface area contributed by atoms with Crippen LogP contribution in [0.4, 0.5) is 0 Å². The van der Waals surface area contributed by atoms with Gasteiger partial charge in [-0.05, 0) is 42.7 Å². The van der Waals surface area contributed by atoms with Crippen LogP contribution in [0.2, 0.25) is 0 Å². The first-order chi connectivity index (χ1) is 8.24. The van der Waals surface area contributed by atoms with Crippen molar-refractivity contribution in [2.24, 2.45) is 5.92 Å². The highest BCUT2D eigenvalue weighted by atomic mass is 16.3. The van der Waals surface area contributed by atoms with E-state index in [9.17, 15) is 5.11 Å². The fourth-order valence-corrected chi connectivity index (χ4v) is 2.75. The number of allylic oxidation sites excluding steroid dienone is 1. The zero-order valence-corrected chi connectivity index (χ0v) is 10.8. The van der Waals surface area contributed by atoms with Gasteiger partial charge < -0.3 is 5.11 Å². The van der Waals surface area contributed by atoms with Crippen molar-refractivity contribution in [1.82, 2.24) is 0 Å². The smallest absolute Gasteiger partial charge is 0.100 e. The third-order valence-electron chi connectivity index (χ3n) is 3.96. The number of benzene rings is 1. The van der Waals surface area contributed by atoms with Crippen LogP contribution in [0.3, 0.4) is 0 Å². The average Bonchev–Trinajstić information content (AvgIpc) is 2.87. The van der Waals surface area contributed by atoms with E-state index in [1.54, 1.807) is 0 Å². The maximum Gasteiger partial charge on any atom is 0.100 e. The van der Waals surface area contributed by atoms with Gasteiger partial charge in [-0.3, -0.25) is 0 Å². The summed E-state index contributed by atoms with van der Waals surface area (Å²) in [4.78, 5) is 0. The Labute approximate surface area is 104 Å². The molecule has 0 amide bonds. The van der Waals surface area contributed by atoms with Crippen LogP contribution in [0.15, 0.2) is 41.5 Å². The molecule has 0 fully saturated rings. The minimum atomic E-state index is -0.386. The van der Waals surface area contributed by atoms with Gasteiger partial charge in [0.25, 0.3) is 0 Å². The summed E-state index contributed by atoms with van der Waals surface area (Å²) in [6.07, 6.45) is 4.23. The van der Waals surface area contributed by atoms with E-state index in [1.807, 2.05) is 30.3 Å². The van der Waals surface area contributed by atoms with Crippen molar-refractivity contribution in [2.75, 3.05) is 0 Å². The van der Waals surface area contributed by atoms with Crippen molar-refractivity contribution >= 4 is 0 Å². The first kappa shape index (κ1) is 12.4. The van der Waals surface area contributed by atoms with Gasteiger partial charge in [-0.15, -0.1) is 0 Å². The molecule has 1 aromatic carbocycles. The van der Waals surface area contributed by atoms with Crippen LogP contribution >= 0.6 is 0 Å². The first-order valence-corrected chi connectivity index (χ1v) is 6.68. The zero-order chi connectivity index (χ0) is 12.3. The monoisotopic (exact) mass is 230 g/mol. The standard InChI is InChI=1S/C16H22O/c1-3-12(2)14-10-7-11-15(14)16(17)13-8-5-4-6-9-13/h4-6,8-9,12,16-17H,3,7,10-11H2,1-2H3.